The Labute approximate surface area is 84.7 Å². The topological polar surface area (TPSA) is 47.1 Å². The molecule has 78 valence electrons. The van der Waals surface area contributed by atoms with Crippen LogP contribution in [0.3, 0.4) is 0 Å². The highest BCUT2D eigenvalue weighted by Crippen LogP contribution is 2.14. The maximum atomic E-state index is 6.09. The van der Waals surface area contributed by atoms with Crippen LogP contribution in [0.5, 0.6) is 0 Å². The summed E-state index contributed by atoms with van der Waals surface area (Å²) in [6.07, 6.45) is 6.50. The predicted octanol–water partition coefficient (Wildman–Crippen LogP) is 0.516. The molecule has 1 aliphatic rings. The van der Waals surface area contributed by atoms with Gasteiger partial charge in [0.05, 0.1) is 6.20 Å². The lowest BCUT2D eigenvalue weighted by atomic mass is 10.1. The van der Waals surface area contributed by atoms with Crippen LogP contribution in [0.1, 0.15) is 24.4 Å². The second-order valence-electron chi connectivity index (χ2n) is 4.06. The molecule has 1 aromatic heterocycles. The third-order valence-corrected chi connectivity index (χ3v) is 2.81. The van der Waals surface area contributed by atoms with Gasteiger partial charge in [-0.15, -0.1) is 0 Å². The molecular formula is C10H18N4. The molecule has 1 aliphatic heterocycles. The van der Waals surface area contributed by atoms with Crippen molar-refractivity contribution in [1.29, 1.82) is 0 Å². The molecule has 0 aromatic carbocycles. The predicted molar refractivity (Wildman–Crippen MR) is 55.8 cm³/mol. The average Bonchev–Trinajstić information content (AvgIpc) is 2.75. The van der Waals surface area contributed by atoms with Gasteiger partial charge >= 0.3 is 0 Å². The van der Waals surface area contributed by atoms with E-state index < -0.39 is 0 Å². The second kappa shape index (κ2) is 4.11. The third kappa shape index (κ3) is 2.13. The van der Waals surface area contributed by atoms with Gasteiger partial charge < -0.3 is 10.6 Å². The van der Waals surface area contributed by atoms with Crippen molar-refractivity contribution in [3.05, 3.63) is 18.0 Å². The van der Waals surface area contributed by atoms with Gasteiger partial charge in [0.25, 0.3) is 0 Å². The SMILES string of the molecule is Cn1cc(C(N)CN2CCCC2)cn1. The van der Waals surface area contributed by atoms with Crippen molar-refractivity contribution in [3.63, 3.8) is 0 Å². The molecule has 1 aromatic rings. The molecule has 0 spiro atoms. The van der Waals surface area contributed by atoms with Crippen LogP contribution in [0, 0.1) is 0 Å². The number of hydrogen-bond donors (Lipinski definition) is 1. The molecule has 0 bridgehead atoms. The Morgan fingerprint density at radius 2 is 2.21 bits per heavy atom. The van der Waals surface area contributed by atoms with E-state index in [4.69, 9.17) is 5.73 Å². The highest BCUT2D eigenvalue weighted by molar-refractivity contribution is 5.10. The summed E-state index contributed by atoms with van der Waals surface area (Å²) in [7, 11) is 1.92. The summed E-state index contributed by atoms with van der Waals surface area (Å²) in [6.45, 7) is 3.37. The Morgan fingerprint density at radius 3 is 2.79 bits per heavy atom. The summed E-state index contributed by atoms with van der Waals surface area (Å²) >= 11 is 0. The molecule has 2 rings (SSSR count). The Kier molecular flexibility index (Phi) is 2.84. The van der Waals surface area contributed by atoms with E-state index in [1.807, 2.05) is 19.4 Å². The van der Waals surface area contributed by atoms with E-state index in [1.165, 1.54) is 25.9 Å². The lowest BCUT2D eigenvalue weighted by Crippen LogP contribution is -2.29. The fourth-order valence-electron chi connectivity index (χ4n) is 1.98. The Morgan fingerprint density at radius 1 is 1.50 bits per heavy atom. The molecule has 1 fully saturated rings. The van der Waals surface area contributed by atoms with Crippen LogP contribution in [0.4, 0.5) is 0 Å². The standard InChI is InChI=1S/C10H18N4/c1-13-7-9(6-12-13)10(11)8-14-4-2-3-5-14/h6-7,10H,2-5,8,11H2,1H3. The van der Waals surface area contributed by atoms with E-state index >= 15 is 0 Å². The lowest BCUT2D eigenvalue weighted by Gasteiger charge is -2.18. The smallest absolute Gasteiger partial charge is 0.0537 e. The van der Waals surface area contributed by atoms with Crippen LogP contribution < -0.4 is 5.73 Å². The molecule has 4 nitrogen and oxygen atoms in total. The van der Waals surface area contributed by atoms with Crippen LogP contribution in [-0.2, 0) is 7.05 Å². The number of likely N-dealkylation sites (tertiary alicyclic amines) is 1. The second-order valence-corrected chi connectivity index (χ2v) is 4.06. The molecular weight excluding hydrogens is 176 g/mol. The van der Waals surface area contributed by atoms with Crippen molar-refractivity contribution >= 4 is 0 Å². The van der Waals surface area contributed by atoms with Gasteiger partial charge in [-0.1, -0.05) is 0 Å². The maximum absolute atomic E-state index is 6.09. The molecule has 1 saturated heterocycles. The van der Waals surface area contributed by atoms with Gasteiger partial charge in [-0.2, -0.15) is 5.10 Å². The monoisotopic (exact) mass is 194 g/mol. The first kappa shape index (κ1) is 9.68. The maximum Gasteiger partial charge on any atom is 0.0537 e. The van der Waals surface area contributed by atoms with E-state index in [2.05, 4.69) is 10.00 Å². The number of aromatic nitrogens is 2. The molecule has 0 amide bonds. The Balaban J connectivity index is 1.91. The quantitative estimate of drug-likeness (QED) is 0.763. The third-order valence-electron chi connectivity index (χ3n) is 2.81. The van der Waals surface area contributed by atoms with Gasteiger partial charge in [0, 0.05) is 31.4 Å². The Hall–Kier alpha value is -0.870. The van der Waals surface area contributed by atoms with Crippen LogP contribution >= 0.6 is 0 Å². The highest BCUT2D eigenvalue weighted by atomic mass is 15.2. The molecule has 0 saturated carbocycles. The van der Waals surface area contributed by atoms with E-state index in [-0.39, 0.29) is 6.04 Å². The zero-order chi connectivity index (χ0) is 9.97. The first-order chi connectivity index (χ1) is 6.75. The summed E-state index contributed by atoms with van der Waals surface area (Å²) in [6, 6.07) is 0.113. The van der Waals surface area contributed by atoms with Gasteiger partial charge in [0.1, 0.15) is 0 Å². The van der Waals surface area contributed by atoms with Gasteiger partial charge in [-0.25, -0.2) is 0 Å². The molecule has 14 heavy (non-hydrogen) atoms. The van der Waals surface area contributed by atoms with E-state index in [0.29, 0.717) is 0 Å². The number of hydrogen-bond acceptors (Lipinski definition) is 3. The fourth-order valence-corrected chi connectivity index (χ4v) is 1.98. The van der Waals surface area contributed by atoms with E-state index in [1.54, 1.807) is 4.68 Å². The number of nitrogens with zero attached hydrogens (tertiary/aromatic N) is 3. The van der Waals surface area contributed by atoms with E-state index in [9.17, 15) is 0 Å². The number of nitrogens with two attached hydrogens (primary N) is 1. The zero-order valence-corrected chi connectivity index (χ0v) is 8.69. The average molecular weight is 194 g/mol. The van der Waals surface area contributed by atoms with Crippen LogP contribution in [-0.4, -0.2) is 34.3 Å². The minimum atomic E-state index is 0.113. The molecule has 1 unspecified atom stereocenters. The molecule has 2 heterocycles. The van der Waals surface area contributed by atoms with E-state index in [0.717, 1.165) is 12.1 Å². The fraction of sp³-hybridized carbons (Fsp3) is 0.700. The Bertz CT molecular complexity index is 288. The molecule has 2 N–H and O–H groups in total. The first-order valence-corrected chi connectivity index (χ1v) is 5.22. The van der Waals surface area contributed by atoms with Crippen molar-refractivity contribution in [2.75, 3.05) is 19.6 Å². The number of aryl methyl sites for hydroxylation is 1. The van der Waals surface area contributed by atoms with Crippen LogP contribution in [0.15, 0.2) is 12.4 Å². The van der Waals surface area contributed by atoms with Gasteiger partial charge in [-0.3, -0.25) is 4.68 Å². The molecule has 1 atom stereocenters. The molecule has 0 aliphatic carbocycles. The van der Waals surface area contributed by atoms with Crippen molar-refractivity contribution < 1.29 is 0 Å². The first-order valence-electron chi connectivity index (χ1n) is 5.22. The normalized spacial score (nSPS) is 20.1. The number of rotatable bonds is 3. The minimum Gasteiger partial charge on any atom is -0.323 e. The summed E-state index contributed by atoms with van der Waals surface area (Å²) in [4.78, 5) is 2.43. The molecule has 0 radical (unpaired) electrons. The lowest BCUT2D eigenvalue weighted by molar-refractivity contribution is 0.316. The minimum absolute atomic E-state index is 0.113. The summed E-state index contributed by atoms with van der Waals surface area (Å²) in [5.74, 6) is 0. The van der Waals surface area contributed by atoms with Gasteiger partial charge in [0.2, 0.25) is 0 Å². The molecule has 4 heteroatoms. The van der Waals surface area contributed by atoms with Crippen molar-refractivity contribution in [1.82, 2.24) is 14.7 Å². The largest absolute Gasteiger partial charge is 0.323 e. The van der Waals surface area contributed by atoms with Gasteiger partial charge in [-0.05, 0) is 25.9 Å². The van der Waals surface area contributed by atoms with Gasteiger partial charge in [0.15, 0.2) is 0 Å². The highest BCUT2D eigenvalue weighted by Gasteiger charge is 2.16. The van der Waals surface area contributed by atoms with Crippen molar-refractivity contribution in [3.8, 4) is 0 Å². The summed E-state index contributed by atoms with van der Waals surface area (Å²) in [5.41, 5.74) is 7.23. The summed E-state index contributed by atoms with van der Waals surface area (Å²) in [5, 5.41) is 4.13. The summed E-state index contributed by atoms with van der Waals surface area (Å²) < 4.78 is 1.80. The van der Waals surface area contributed by atoms with Crippen molar-refractivity contribution in [2.45, 2.75) is 18.9 Å². The van der Waals surface area contributed by atoms with Crippen molar-refractivity contribution in [2.24, 2.45) is 12.8 Å². The van der Waals surface area contributed by atoms with Crippen LogP contribution in [0.2, 0.25) is 0 Å². The zero-order valence-electron chi connectivity index (χ0n) is 8.69. The van der Waals surface area contributed by atoms with Crippen LogP contribution in [0.25, 0.3) is 0 Å².